The summed E-state index contributed by atoms with van der Waals surface area (Å²) < 4.78 is 5.68. The molecular weight excluding hydrogens is 280 g/mol. The first-order chi connectivity index (χ1) is 10.5. The second kappa shape index (κ2) is 7.47. The summed E-state index contributed by atoms with van der Waals surface area (Å²) in [6, 6.07) is 14.8. The van der Waals surface area contributed by atoms with Crippen LogP contribution in [0.3, 0.4) is 0 Å². The number of amides is 2. The van der Waals surface area contributed by atoms with Crippen molar-refractivity contribution >= 4 is 11.7 Å². The first-order valence-electron chi connectivity index (χ1n) is 7.06. The zero-order valence-corrected chi connectivity index (χ0v) is 12.7. The summed E-state index contributed by atoms with van der Waals surface area (Å²) in [4.78, 5) is 11.3. The monoisotopic (exact) mass is 300 g/mol. The van der Waals surface area contributed by atoms with Crippen molar-refractivity contribution in [2.75, 3.05) is 19.0 Å². The van der Waals surface area contributed by atoms with Gasteiger partial charge in [-0.2, -0.15) is 0 Å². The van der Waals surface area contributed by atoms with Crippen LogP contribution >= 0.6 is 0 Å². The van der Waals surface area contributed by atoms with Gasteiger partial charge in [0, 0.05) is 19.2 Å². The minimum Gasteiger partial charge on any atom is -0.493 e. The molecule has 5 heteroatoms. The molecular formula is C17H20N2O3. The predicted molar refractivity (Wildman–Crippen MR) is 85.4 cm³/mol. The van der Waals surface area contributed by atoms with Gasteiger partial charge in [0.2, 0.25) is 0 Å². The van der Waals surface area contributed by atoms with Gasteiger partial charge in [0.25, 0.3) is 0 Å². The summed E-state index contributed by atoms with van der Waals surface area (Å²) >= 11 is 0. The topological polar surface area (TPSA) is 61.8 Å². The third kappa shape index (κ3) is 4.79. The van der Waals surface area contributed by atoms with E-state index in [2.05, 4.69) is 36.5 Å². The second-order valence-electron chi connectivity index (χ2n) is 5.06. The summed E-state index contributed by atoms with van der Waals surface area (Å²) in [6.45, 7) is 2.66. The number of ether oxygens (including phenoxy) is 1. The fourth-order valence-corrected chi connectivity index (χ4v) is 1.88. The molecule has 2 aromatic rings. The van der Waals surface area contributed by atoms with Gasteiger partial charge < -0.3 is 10.1 Å². The van der Waals surface area contributed by atoms with Crippen LogP contribution in [0, 0.1) is 6.92 Å². The number of carbonyl (C=O) groups excluding carboxylic acids is 1. The number of urea groups is 1. The van der Waals surface area contributed by atoms with Gasteiger partial charge in [0.15, 0.2) is 0 Å². The van der Waals surface area contributed by atoms with Gasteiger partial charge in [-0.25, -0.2) is 9.86 Å². The fourth-order valence-electron chi connectivity index (χ4n) is 1.88. The Morgan fingerprint density at radius 1 is 1.14 bits per heavy atom. The maximum atomic E-state index is 11.3. The highest BCUT2D eigenvalue weighted by Gasteiger charge is 2.05. The molecule has 2 rings (SSSR count). The van der Waals surface area contributed by atoms with Gasteiger partial charge in [0.1, 0.15) is 5.75 Å². The maximum Gasteiger partial charge on any atom is 0.345 e. The van der Waals surface area contributed by atoms with Crippen molar-refractivity contribution in [1.82, 2.24) is 5.06 Å². The second-order valence-corrected chi connectivity index (χ2v) is 5.06. The third-order valence-electron chi connectivity index (χ3n) is 3.18. The van der Waals surface area contributed by atoms with Gasteiger partial charge in [-0.3, -0.25) is 5.21 Å². The molecule has 0 spiro atoms. The van der Waals surface area contributed by atoms with Crippen molar-refractivity contribution in [2.45, 2.75) is 13.3 Å². The van der Waals surface area contributed by atoms with Crippen LogP contribution in [0.5, 0.6) is 5.75 Å². The lowest BCUT2D eigenvalue weighted by Crippen LogP contribution is -2.27. The lowest BCUT2D eigenvalue weighted by molar-refractivity contribution is -0.0118. The predicted octanol–water partition coefficient (Wildman–Crippen LogP) is 3.47. The lowest BCUT2D eigenvalue weighted by Gasteiger charge is -2.11. The standard InChI is InChI=1S/C17H20N2O3/c1-13-3-5-14(6-4-13)11-12-22-16-9-7-15(8-10-16)18-17(20)19(2)21/h3-10,21H,11-12H2,1-2H3,(H,18,20). The molecule has 0 saturated heterocycles. The number of carbonyl (C=O) groups is 1. The van der Waals surface area contributed by atoms with Crippen molar-refractivity contribution in [3.8, 4) is 5.75 Å². The molecule has 0 unspecified atom stereocenters. The van der Waals surface area contributed by atoms with E-state index in [1.807, 2.05) is 0 Å². The number of nitrogens with one attached hydrogen (secondary N) is 1. The summed E-state index contributed by atoms with van der Waals surface area (Å²) in [6.07, 6.45) is 0.841. The summed E-state index contributed by atoms with van der Waals surface area (Å²) in [5, 5.41) is 12.0. The number of benzene rings is 2. The Kier molecular flexibility index (Phi) is 5.38. The Morgan fingerprint density at radius 3 is 2.36 bits per heavy atom. The number of hydrogen-bond donors (Lipinski definition) is 2. The van der Waals surface area contributed by atoms with Gasteiger partial charge in [0.05, 0.1) is 6.61 Å². The van der Waals surface area contributed by atoms with Gasteiger partial charge in [-0.15, -0.1) is 0 Å². The third-order valence-corrected chi connectivity index (χ3v) is 3.18. The molecule has 0 aliphatic carbocycles. The van der Waals surface area contributed by atoms with Crippen LogP contribution in [-0.2, 0) is 6.42 Å². The molecule has 2 amide bonds. The van der Waals surface area contributed by atoms with Crippen LogP contribution in [0.15, 0.2) is 48.5 Å². The fraction of sp³-hybridized carbons (Fsp3) is 0.235. The first kappa shape index (κ1) is 15.9. The normalized spacial score (nSPS) is 10.1. The lowest BCUT2D eigenvalue weighted by atomic mass is 10.1. The minimum absolute atomic E-state index is 0.492. The highest BCUT2D eigenvalue weighted by Crippen LogP contribution is 2.16. The zero-order valence-electron chi connectivity index (χ0n) is 12.7. The molecule has 2 aromatic carbocycles. The summed E-state index contributed by atoms with van der Waals surface area (Å²) in [5.74, 6) is 0.738. The highest BCUT2D eigenvalue weighted by molar-refractivity contribution is 5.88. The Labute approximate surface area is 130 Å². The Bertz CT molecular complexity index is 607. The molecule has 0 atom stereocenters. The van der Waals surface area contributed by atoms with Crippen LogP contribution in [-0.4, -0.2) is 30.0 Å². The van der Waals surface area contributed by atoms with E-state index in [0.717, 1.165) is 12.2 Å². The van der Waals surface area contributed by atoms with E-state index < -0.39 is 6.03 Å². The molecule has 0 aliphatic heterocycles. The van der Waals surface area contributed by atoms with Crippen molar-refractivity contribution in [1.29, 1.82) is 0 Å². The van der Waals surface area contributed by atoms with Crippen molar-refractivity contribution in [3.63, 3.8) is 0 Å². The van der Waals surface area contributed by atoms with Gasteiger partial charge >= 0.3 is 6.03 Å². The molecule has 0 heterocycles. The van der Waals surface area contributed by atoms with Crippen LogP contribution in [0.2, 0.25) is 0 Å². The number of nitrogens with zero attached hydrogens (tertiary/aromatic N) is 1. The van der Waals surface area contributed by atoms with Crippen LogP contribution in [0.25, 0.3) is 0 Å². The van der Waals surface area contributed by atoms with Crippen molar-refractivity contribution in [2.24, 2.45) is 0 Å². The largest absolute Gasteiger partial charge is 0.493 e. The van der Waals surface area contributed by atoms with Gasteiger partial charge in [-0.1, -0.05) is 29.8 Å². The molecule has 116 valence electrons. The minimum atomic E-state index is -0.590. The average Bonchev–Trinajstić information content (AvgIpc) is 2.51. The number of aryl methyl sites for hydroxylation is 1. The molecule has 2 N–H and O–H groups in total. The SMILES string of the molecule is Cc1ccc(CCOc2ccc(NC(=O)N(C)O)cc2)cc1. The molecule has 22 heavy (non-hydrogen) atoms. The summed E-state index contributed by atoms with van der Waals surface area (Å²) in [7, 11) is 1.26. The van der Waals surface area contributed by atoms with E-state index in [-0.39, 0.29) is 0 Å². The number of anilines is 1. The molecule has 0 aliphatic rings. The van der Waals surface area contributed by atoms with Crippen LogP contribution < -0.4 is 10.1 Å². The number of hydrogen-bond acceptors (Lipinski definition) is 3. The van der Waals surface area contributed by atoms with Gasteiger partial charge in [-0.05, 0) is 36.8 Å². The van der Waals surface area contributed by atoms with E-state index in [1.54, 1.807) is 24.3 Å². The van der Waals surface area contributed by atoms with E-state index in [9.17, 15) is 4.79 Å². The first-order valence-corrected chi connectivity index (χ1v) is 7.06. The Balaban J connectivity index is 1.81. The van der Waals surface area contributed by atoms with Crippen molar-refractivity contribution < 1.29 is 14.7 Å². The van der Waals surface area contributed by atoms with E-state index in [4.69, 9.17) is 9.94 Å². The number of hydroxylamine groups is 2. The highest BCUT2D eigenvalue weighted by atomic mass is 16.5. The maximum absolute atomic E-state index is 11.3. The average molecular weight is 300 g/mol. The molecule has 0 radical (unpaired) electrons. The molecule has 0 bridgehead atoms. The zero-order chi connectivity index (χ0) is 15.9. The van der Waals surface area contributed by atoms with Crippen LogP contribution in [0.4, 0.5) is 10.5 Å². The van der Waals surface area contributed by atoms with E-state index >= 15 is 0 Å². The van der Waals surface area contributed by atoms with E-state index in [0.29, 0.717) is 17.4 Å². The smallest absolute Gasteiger partial charge is 0.345 e. The van der Waals surface area contributed by atoms with Crippen molar-refractivity contribution in [3.05, 3.63) is 59.7 Å². The summed E-state index contributed by atoms with van der Waals surface area (Å²) in [5.41, 5.74) is 3.08. The molecule has 0 aromatic heterocycles. The van der Waals surface area contributed by atoms with Crippen LogP contribution in [0.1, 0.15) is 11.1 Å². The molecule has 5 nitrogen and oxygen atoms in total. The molecule has 0 saturated carbocycles. The number of rotatable bonds is 5. The Hall–Kier alpha value is -2.53. The Morgan fingerprint density at radius 2 is 1.77 bits per heavy atom. The molecule has 0 fully saturated rings. The van der Waals surface area contributed by atoms with E-state index in [1.165, 1.54) is 18.2 Å². The quantitative estimate of drug-likeness (QED) is 0.656.